The van der Waals surface area contributed by atoms with Gasteiger partial charge in [-0.1, -0.05) is 41.4 Å². The lowest BCUT2D eigenvalue weighted by Crippen LogP contribution is -2.35. The van der Waals surface area contributed by atoms with Crippen molar-refractivity contribution < 1.29 is 22.7 Å². The molecule has 2 aliphatic heterocycles. The Morgan fingerprint density at radius 3 is 2.69 bits per heavy atom. The van der Waals surface area contributed by atoms with Crippen molar-refractivity contribution in [2.24, 2.45) is 10.1 Å². The summed E-state index contributed by atoms with van der Waals surface area (Å²) in [6.45, 7) is 4.46. The van der Waals surface area contributed by atoms with Gasteiger partial charge in [0.1, 0.15) is 6.61 Å². The van der Waals surface area contributed by atoms with E-state index >= 15 is 0 Å². The van der Waals surface area contributed by atoms with Crippen molar-refractivity contribution in [3.05, 3.63) is 63.7 Å². The van der Waals surface area contributed by atoms with E-state index in [4.69, 9.17) is 26.5 Å². The summed E-state index contributed by atoms with van der Waals surface area (Å²) in [6, 6.07) is 11.1. The molecule has 1 N–H and O–H groups in total. The third-order valence-corrected chi connectivity index (χ3v) is 7.72. The van der Waals surface area contributed by atoms with Crippen LogP contribution in [0.1, 0.15) is 23.6 Å². The number of benzene rings is 2. The number of carbonyl (C=O) groups is 1. The number of aryl methyl sites for hydroxylation is 1. The number of hydrazone groups is 1. The molecule has 2 aromatic carbocycles. The lowest BCUT2D eigenvalue weighted by atomic mass is 10.1. The highest BCUT2D eigenvalue weighted by atomic mass is 35.5. The Kier molecular flexibility index (Phi) is 7.02. The number of rotatable bonds is 6. The van der Waals surface area contributed by atoms with Crippen LogP contribution in [-0.4, -0.2) is 47.6 Å². The van der Waals surface area contributed by atoms with Crippen molar-refractivity contribution in [1.82, 2.24) is 5.01 Å². The minimum Gasteiger partial charge on any atom is -0.490 e. The van der Waals surface area contributed by atoms with Gasteiger partial charge in [0, 0.05) is 6.26 Å². The first kappa shape index (κ1) is 25.0. The number of nitrogens with one attached hydrogen (secondary N) is 1. The summed E-state index contributed by atoms with van der Waals surface area (Å²) in [5.41, 5.74) is 2.49. The van der Waals surface area contributed by atoms with Crippen molar-refractivity contribution >= 4 is 60.6 Å². The Bertz CT molecular complexity index is 1430. The van der Waals surface area contributed by atoms with Crippen molar-refractivity contribution in [2.75, 3.05) is 12.9 Å². The van der Waals surface area contributed by atoms with Gasteiger partial charge in [-0.15, -0.1) is 5.10 Å². The molecule has 0 saturated heterocycles. The molecule has 0 atom stereocenters. The zero-order chi connectivity index (χ0) is 25.3. The fraction of sp³-hybridized carbons (Fsp3) is 0.217. The number of aliphatic imine (C=N–C) groups is 1. The molecule has 2 heterocycles. The third kappa shape index (κ3) is 5.42. The van der Waals surface area contributed by atoms with Gasteiger partial charge < -0.3 is 9.47 Å². The van der Waals surface area contributed by atoms with E-state index in [-0.39, 0.29) is 32.6 Å². The van der Waals surface area contributed by atoms with Crippen LogP contribution in [0, 0.1) is 12.3 Å². The smallest absolute Gasteiger partial charge is 0.283 e. The maximum absolute atomic E-state index is 12.6. The van der Waals surface area contributed by atoms with Gasteiger partial charge in [0.2, 0.25) is 19.4 Å². The van der Waals surface area contributed by atoms with Crippen LogP contribution < -0.4 is 9.47 Å². The molecule has 35 heavy (non-hydrogen) atoms. The Morgan fingerprint density at radius 1 is 1.23 bits per heavy atom. The standard InChI is InChI=1S/C23H21ClN4O5S2/c1-4-32-18-11-15(10-17(24)19(18)33-12-14-7-5-6-13(2)8-14)9-16-20(25)28-22(26-21(16)29)34-23(27-28)35(3,30)31/h5-11,25H,4,12H2,1-3H3/b16-9-,25-20?. The molecule has 0 bridgehead atoms. The van der Waals surface area contributed by atoms with Crippen LogP contribution in [-0.2, 0) is 21.2 Å². The second-order valence-electron chi connectivity index (χ2n) is 7.70. The highest BCUT2D eigenvalue weighted by Gasteiger charge is 2.38. The van der Waals surface area contributed by atoms with Crippen molar-refractivity contribution in [1.29, 1.82) is 5.41 Å². The SMILES string of the molecule is CCOc1cc(/C=C2/C(=N)N3N=C(S(C)(=O)=O)SC3=NC2=O)cc(Cl)c1OCc1cccc(C)c1. The number of carbonyl (C=O) groups excluding carboxylic acids is 1. The molecule has 0 aromatic heterocycles. The average molecular weight is 533 g/mol. The van der Waals surface area contributed by atoms with E-state index in [2.05, 4.69) is 10.1 Å². The predicted molar refractivity (Wildman–Crippen MR) is 138 cm³/mol. The van der Waals surface area contributed by atoms with Gasteiger partial charge >= 0.3 is 0 Å². The van der Waals surface area contributed by atoms with E-state index in [0.717, 1.165) is 34.2 Å². The summed E-state index contributed by atoms with van der Waals surface area (Å²) in [5, 5.41) is 13.7. The topological polar surface area (TPSA) is 121 Å². The number of fused-ring (bicyclic) bond motifs is 1. The van der Waals surface area contributed by atoms with Gasteiger partial charge in [0.15, 0.2) is 17.3 Å². The zero-order valence-corrected chi connectivity index (χ0v) is 21.4. The molecule has 0 aliphatic carbocycles. The number of ether oxygens (including phenoxy) is 2. The Balaban J connectivity index is 1.65. The van der Waals surface area contributed by atoms with E-state index in [1.165, 1.54) is 6.08 Å². The van der Waals surface area contributed by atoms with E-state index in [0.29, 0.717) is 23.7 Å². The lowest BCUT2D eigenvalue weighted by molar-refractivity contribution is -0.114. The molecule has 0 saturated carbocycles. The van der Waals surface area contributed by atoms with Gasteiger partial charge in [-0.3, -0.25) is 10.2 Å². The fourth-order valence-corrected chi connectivity index (χ4v) is 5.28. The van der Waals surface area contributed by atoms with E-state index < -0.39 is 15.7 Å². The molecule has 0 spiro atoms. The van der Waals surface area contributed by atoms with Gasteiger partial charge in [-0.2, -0.15) is 10.0 Å². The monoisotopic (exact) mass is 532 g/mol. The molecule has 2 aliphatic rings. The minimum atomic E-state index is -3.61. The number of hydrogen-bond donors (Lipinski definition) is 1. The minimum absolute atomic E-state index is 0.0190. The molecule has 9 nitrogen and oxygen atoms in total. The highest BCUT2D eigenvalue weighted by Crippen LogP contribution is 2.38. The van der Waals surface area contributed by atoms with Crippen LogP contribution >= 0.6 is 23.4 Å². The van der Waals surface area contributed by atoms with Gasteiger partial charge in [-0.25, -0.2) is 8.42 Å². The van der Waals surface area contributed by atoms with Crippen molar-refractivity contribution in [2.45, 2.75) is 20.5 Å². The molecule has 0 fully saturated rings. The summed E-state index contributed by atoms with van der Waals surface area (Å²) in [5.74, 6) is -0.235. The summed E-state index contributed by atoms with van der Waals surface area (Å²) >= 11 is 7.24. The first-order valence-corrected chi connectivity index (χ1v) is 13.5. The number of sulfone groups is 1. The molecule has 1 amide bonds. The highest BCUT2D eigenvalue weighted by molar-refractivity contribution is 8.42. The van der Waals surface area contributed by atoms with Crippen LogP contribution in [0.5, 0.6) is 11.5 Å². The quantitative estimate of drug-likeness (QED) is 0.552. The number of hydrogen-bond acceptors (Lipinski definition) is 8. The zero-order valence-electron chi connectivity index (χ0n) is 19.0. The van der Waals surface area contributed by atoms with Crippen LogP contribution in [0.15, 0.2) is 52.1 Å². The van der Waals surface area contributed by atoms with Crippen LogP contribution in [0.4, 0.5) is 0 Å². The van der Waals surface area contributed by atoms with E-state index in [9.17, 15) is 13.2 Å². The third-order valence-electron chi connectivity index (χ3n) is 4.86. The summed E-state index contributed by atoms with van der Waals surface area (Å²) in [6.07, 6.45) is 2.43. The normalized spacial score (nSPS) is 16.8. The van der Waals surface area contributed by atoms with Crippen molar-refractivity contribution in [3.8, 4) is 11.5 Å². The lowest BCUT2D eigenvalue weighted by Gasteiger charge is -2.20. The molecular weight excluding hydrogens is 512 g/mol. The number of amides is 1. The summed E-state index contributed by atoms with van der Waals surface area (Å²) in [4.78, 5) is 16.5. The Morgan fingerprint density at radius 2 is 2.00 bits per heavy atom. The fourth-order valence-electron chi connectivity index (χ4n) is 3.32. The Labute approximate surface area is 211 Å². The maximum atomic E-state index is 12.6. The molecule has 4 rings (SSSR count). The number of thioether (sulfide) groups is 1. The van der Waals surface area contributed by atoms with E-state index in [1.807, 2.05) is 38.1 Å². The first-order valence-electron chi connectivity index (χ1n) is 10.4. The number of halogens is 1. The van der Waals surface area contributed by atoms with E-state index in [1.54, 1.807) is 12.1 Å². The molecular formula is C23H21ClN4O5S2. The van der Waals surface area contributed by atoms with Gasteiger partial charge in [0.25, 0.3) is 5.91 Å². The number of nitrogens with zero attached hydrogens (tertiary/aromatic N) is 3. The number of amidine groups is 2. The first-order chi connectivity index (χ1) is 16.6. The second-order valence-corrected chi connectivity index (χ2v) is 11.3. The Hall–Kier alpha value is -3.15. The molecule has 2 aromatic rings. The molecule has 182 valence electrons. The maximum Gasteiger partial charge on any atom is 0.283 e. The average Bonchev–Trinajstić information content (AvgIpc) is 3.21. The largest absolute Gasteiger partial charge is 0.490 e. The van der Waals surface area contributed by atoms with Crippen LogP contribution in [0.25, 0.3) is 6.08 Å². The van der Waals surface area contributed by atoms with Crippen LogP contribution in [0.2, 0.25) is 5.02 Å². The molecule has 0 unspecified atom stereocenters. The summed E-state index contributed by atoms with van der Waals surface area (Å²) < 4.78 is 35.1. The predicted octanol–water partition coefficient (Wildman–Crippen LogP) is 4.25. The van der Waals surface area contributed by atoms with Gasteiger partial charge in [0.05, 0.1) is 17.2 Å². The summed E-state index contributed by atoms with van der Waals surface area (Å²) in [7, 11) is -3.61. The molecule has 12 heteroatoms. The van der Waals surface area contributed by atoms with Crippen LogP contribution in [0.3, 0.4) is 0 Å². The second kappa shape index (κ2) is 9.84. The van der Waals surface area contributed by atoms with Gasteiger partial charge in [-0.05, 0) is 54.9 Å². The molecule has 0 radical (unpaired) electrons. The van der Waals surface area contributed by atoms with Crippen molar-refractivity contribution in [3.63, 3.8) is 0 Å².